The third-order valence-electron chi connectivity index (χ3n) is 5.53. The van der Waals surface area contributed by atoms with Gasteiger partial charge in [-0.25, -0.2) is 0 Å². The average molecular weight is 512 g/mol. The third-order valence-corrected chi connectivity index (χ3v) is 6.83. The van der Waals surface area contributed by atoms with Gasteiger partial charge in [-0.1, -0.05) is 61.5 Å². The highest BCUT2D eigenvalue weighted by Gasteiger charge is 2.27. The molecule has 9 heteroatoms. The Morgan fingerprint density at radius 3 is 2.54 bits per heavy atom. The van der Waals surface area contributed by atoms with Crippen molar-refractivity contribution in [2.45, 2.75) is 45.4 Å². The SMILES string of the molecule is C=CCn1c(SCC(=O)Nc2ccc(C)c(C)c2)nnc1[C@@H](NC(=O)c1ccccc1Cl)C(C)C. The van der Waals surface area contributed by atoms with Gasteiger partial charge in [0.05, 0.1) is 22.4 Å². The van der Waals surface area contributed by atoms with E-state index in [0.29, 0.717) is 28.1 Å². The van der Waals surface area contributed by atoms with Crippen LogP contribution in [0.15, 0.2) is 60.3 Å². The van der Waals surface area contributed by atoms with Gasteiger partial charge in [0, 0.05) is 12.2 Å². The molecule has 3 aromatic rings. The summed E-state index contributed by atoms with van der Waals surface area (Å²) in [6.07, 6.45) is 1.74. The zero-order chi connectivity index (χ0) is 25.5. The van der Waals surface area contributed by atoms with E-state index in [1.165, 1.54) is 17.3 Å². The van der Waals surface area contributed by atoms with Gasteiger partial charge in [-0.15, -0.1) is 16.8 Å². The van der Waals surface area contributed by atoms with E-state index in [4.69, 9.17) is 11.6 Å². The quantitative estimate of drug-likeness (QED) is 0.273. The van der Waals surface area contributed by atoms with E-state index in [0.717, 1.165) is 11.3 Å². The number of halogens is 1. The van der Waals surface area contributed by atoms with Crippen LogP contribution in [0.2, 0.25) is 5.02 Å². The number of thioether (sulfide) groups is 1. The number of aromatic nitrogens is 3. The largest absolute Gasteiger partial charge is 0.342 e. The Morgan fingerprint density at radius 2 is 1.89 bits per heavy atom. The second-order valence-corrected chi connectivity index (χ2v) is 9.90. The van der Waals surface area contributed by atoms with Gasteiger partial charge in [0.15, 0.2) is 11.0 Å². The molecule has 1 atom stereocenters. The number of nitrogens with zero attached hydrogens (tertiary/aromatic N) is 3. The Morgan fingerprint density at radius 1 is 1.14 bits per heavy atom. The summed E-state index contributed by atoms with van der Waals surface area (Å²) in [6, 6.07) is 12.3. The van der Waals surface area contributed by atoms with Gasteiger partial charge in [-0.3, -0.25) is 9.59 Å². The molecule has 2 N–H and O–H groups in total. The van der Waals surface area contributed by atoms with Crippen LogP contribution in [0, 0.1) is 19.8 Å². The van der Waals surface area contributed by atoms with Crippen LogP contribution in [0.5, 0.6) is 0 Å². The van der Waals surface area contributed by atoms with E-state index in [2.05, 4.69) is 27.4 Å². The van der Waals surface area contributed by atoms with Crippen molar-refractivity contribution in [3.8, 4) is 0 Å². The first-order valence-corrected chi connectivity index (χ1v) is 12.7. The highest BCUT2D eigenvalue weighted by atomic mass is 35.5. The zero-order valence-electron chi connectivity index (χ0n) is 20.3. The predicted octanol–water partition coefficient (Wildman–Crippen LogP) is 5.59. The minimum atomic E-state index is -0.412. The maximum atomic E-state index is 12.9. The van der Waals surface area contributed by atoms with Crippen LogP contribution >= 0.6 is 23.4 Å². The number of aryl methyl sites for hydroxylation is 2. The Labute approximate surface area is 215 Å². The van der Waals surface area contributed by atoms with Crippen molar-refractivity contribution in [3.05, 3.63) is 82.7 Å². The smallest absolute Gasteiger partial charge is 0.253 e. The molecule has 2 amide bonds. The predicted molar refractivity (Wildman–Crippen MR) is 142 cm³/mol. The molecule has 0 aliphatic rings. The maximum Gasteiger partial charge on any atom is 0.253 e. The van der Waals surface area contributed by atoms with Crippen molar-refractivity contribution >= 4 is 40.9 Å². The van der Waals surface area contributed by atoms with Crippen LogP contribution in [-0.4, -0.2) is 32.3 Å². The number of anilines is 1. The molecular formula is C26H30ClN5O2S. The Bertz CT molecular complexity index is 1220. The zero-order valence-corrected chi connectivity index (χ0v) is 21.9. The normalized spacial score (nSPS) is 11.8. The molecule has 184 valence electrons. The lowest BCUT2D eigenvalue weighted by Gasteiger charge is -2.23. The first-order valence-electron chi connectivity index (χ1n) is 11.3. The number of rotatable bonds is 10. The van der Waals surface area contributed by atoms with Crippen LogP contribution in [0.1, 0.15) is 47.2 Å². The van der Waals surface area contributed by atoms with Crippen LogP contribution in [0.25, 0.3) is 0 Å². The van der Waals surface area contributed by atoms with Crippen molar-refractivity contribution in [3.63, 3.8) is 0 Å². The first kappa shape index (κ1) is 26.5. The summed E-state index contributed by atoms with van der Waals surface area (Å²) in [6.45, 7) is 12.3. The summed E-state index contributed by atoms with van der Waals surface area (Å²) in [5.41, 5.74) is 3.44. The highest BCUT2D eigenvalue weighted by molar-refractivity contribution is 7.99. The number of carbonyl (C=O) groups is 2. The summed E-state index contributed by atoms with van der Waals surface area (Å²) in [5.74, 6) is 0.364. The summed E-state index contributed by atoms with van der Waals surface area (Å²) in [7, 11) is 0. The topological polar surface area (TPSA) is 88.9 Å². The second kappa shape index (κ2) is 12.0. The molecule has 0 aliphatic carbocycles. The molecule has 0 spiro atoms. The van der Waals surface area contributed by atoms with Crippen LogP contribution in [0.3, 0.4) is 0 Å². The summed E-state index contributed by atoms with van der Waals surface area (Å²) < 4.78 is 1.87. The van der Waals surface area contributed by atoms with Crippen molar-refractivity contribution in [2.75, 3.05) is 11.1 Å². The van der Waals surface area contributed by atoms with E-state index < -0.39 is 6.04 Å². The number of hydrogen-bond acceptors (Lipinski definition) is 5. The van der Waals surface area contributed by atoms with Crippen LogP contribution < -0.4 is 10.6 Å². The molecule has 0 unspecified atom stereocenters. The van der Waals surface area contributed by atoms with Crippen molar-refractivity contribution < 1.29 is 9.59 Å². The lowest BCUT2D eigenvalue weighted by molar-refractivity contribution is -0.113. The molecular weight excluding hydrogens is 482 g/mol. The van der Waals surface area contributed by atoms with E-state index in [1.54, 1.807) is 30.3 Å². The monoisotopic (exact) mass is 511 g/mol. The van der Waals surface area contributed by atoms with Gasteiger partial charge >= 0.3 is 0 Å². The molecule has 0 saturated heterocycles. The van der Waals surface area contributed by atoms with Gasteiger partial charge in [0.25, 0.3) is 5.91 Å². The minimum Gasteiger partial charge on any atom is -0.342 e. The van der Waals surface area contributed by atoms with E-state index in [9.17, 15) is 9.59 Å². The lowest BCUT2D eigenvalue weighted by atomic mass is 10.0. The molecule has 1 heterocycles. The van der Waals surface area contributed by atoms with E-state index in [1.807, 2.05) is 50.5 Å². The van der Waals surface area contributed by atoms with E-state index in [-0.39, 0.29) is 23.5 Å². The molecule has 0 bridgehead atoms. The fourth-order valence-electron chi connectivity index (χ4n) is 3.48. The summed E-state index contributed by atoms with van der Waals surface area (Å²) in [4.78, 5) is 25.5. The Hall–Kier alpha value is -3.10. The highest BCUT2D eigenvalue weighted by Crippen LogP contribution is 2.26. The number of amides is 2. The summed E-state index contributed by atoms with van der Waals surface area (Å²) in [5, 5.41) is 15.6. The van der Waals surface area contributed by atoms with Crippen LogP contribution in [0.4, 0.5) is 5.69 Å². The number of hydrogen-bond donors (Lipinski definition) is 2. The van der Waals surface area contributed by atoms with Gasteiger partial charge in [-0.2, -0.15) is 0 Å². The standard InChI is InChI=1S/C26H30ClN5O2S/c1-6-13-32-24(23(16(2)3)29-25(34)20-9-7-8-10-21(20)27)30-31-26(32)35-15-22(33)28-19-12-11-17(4)18(5)14-19/h6-12,14,16,23H,1,13,15H2,2-5H3,(H,28,33)(H,29,34)/t23-/m0/s1. The van der Waals surface area contributed by atoms with Crippen molar-refractivity contribution in [2.24, 2.45) is 5.92 Å². The Kier molecular flexibility index (Phi) is 9.12. The fraction of sp³-hybridized carbons (Fsp3) is 0.308. The molecule has 0 aliphatic heterocycles. The molecule has 0 saturated carbocycles. The van der Waals surface area contributed by atoms with Gasteiger partial charge < -0.3 is 15.2 Å². The molecule has 3 rings (SSSR count). The van der Waals surface area contributed by atoms with Crippen LogP contribution in [-0.2, 0) is 11.3 Å². The number of benzene rings is 2. The number of nitrogens with one attached hydrogen (secondary N) is 2. The minimum absolute atomic E-state index is 0.0279. The van der Waals surface area contributed by atoms with Gasteiger partial charge in [0.2, 0.25) is 5.91 Å². The fourth-order valence-corrected chi connectivity index (χ4v) is 4.45. The molecule has 35 heavy (non-hydrogen) atoms. The molecule has 0 radical (unpaired) electrons. The van der Waals surface area contributed by atoms with E-state index >= 15 is 0 Å². The lowest BCUT2D eigenvalue weighted by Crippen LogP contribution is -2.34. The molecule has 2 aromatic carbocycles. The van der Waals surface area contributed by atoms with Gasteiger partial charge in [-0.05, 0) is 55.2 Å². The van der Waals surface area contributed by atoms with Crippen molar-refractivity contribution in [1.82, 2.24) is 20.1 Å². The molecule has 7 nitrogen and oxygen atoms in total. The average Bonchev–Trinajstić information content (AvgIpc) is 3.21. The third kappa shape index (κ3) is 6.74. The van der Waals surface area contributed by atoms with Gasteiger partial charge in [0.1, 0.15) is 0 Å². The second-order valence-electron chi connectivity index (χ2n) is 8.55. The Balaban J connectivity index is 1.76. The molecule has 1 aromatic heterocycles. The summed E-state index contributed by atoms with van der Waals surface area (Å²) >= 11 is 7.50. The maximum absolute atomic E-state index is 12.9. The molecule has 0 fully saturated rings. The number of allylic oxidation sites excluding steroid dienone is 1. The number of carbonyl (C=O) groups excluding carboxylic acids is 2. The van der Waals surface area contributed by atoms with Crippen molar-refractivity contribution in [1.29, 1.82) is 0 Å². The first-order chi connectivity index (χ1) is 16.7.